The van der Waals surface area contributed by atoms with Crippen LogP contribution in [0.15, 0.2) is 30.7 Å². The largest absolute Gasteiger partial charge is 0.383 e. The first-order valence-corrected chi connectivity index (χ1v) is 7.60. The number of para-hydroxylation sites is 1. The number of benzene rings is 1. The monoisotopic (exact) mass is 329 g/mol. The number of carbonyl (C=O) groups is 1. The van der Waals surface area contributed by atoms with E-state index in [1.54, 1.807) is 19.6 Å². The fourth-order valence-electron chi connectivity index (χ4n) is 2.38. The number of ether oxygens (including phenoxy) is 1. The topological polar surface area (TPSA) is 110 Å². The van der Waals surface area contributed by atoms with Crippen LogP contribution in [0.3, 0.4) is 0 Å². The van der Waals surface area contributed by atoms with Gasteiger partial charge in [0.05, 0.1) is 24.0 Å². The number of anilines is 1. The zero-order valence-electron chi connectivity index (χ0n) is 13.3. The Bertz CT molecular complexity index is 811. The lowest BCUT2D eigenvalue weighted by molar-refractivity contribution is 0.186. The Morgan fingerprint density at radius 3 is 3.21 bits per heavy atom. The molecule has 9 nitrogen and oxygen atoms in total. The maximum Gasteiger partial charge on any atom is 0.319 e. The van der Waals surface area contributed by atoms with Gasteiger partial charge in [-0.05, 0) is 6.07 Å². The summed E-state index contributed by atoms with van der Waals surface area (Å²) in [7, 11) is 1.65. The van der Waals surface area contributed by atoms with Crippen molar-refractivity contribution in [1.29, 1.82) is 0 Å². The van der Waals surface area contributed by atoms with Crippen LogP contribution in [0, 0.1) is 0 Å². The molecular weight excluding hydrogens is 310 g/mol. The number of nitrogens with one attached hydrogen (secondary N) is 3. The number of aromatic nitrogens is 5. The number of methoxy groups -OCH3 is 1. The van der Waals surface area contributed by atoms with E-state index in [1.165, 1.54) is 0 Å². The average Bonchev–Trinajstić information content (AvgIpc) is 3.22. The maximum absolute atomic E-state index is 12.0. The molecule has 2 aromatic heterocycles. The van der Waals surface area contributed by atoms with E-state index in [9.17, 15) is 4.79 Å². The molecule has 0 aliphatic rings. The Morgan fingerprint density at radius 1 is 1.42 bits per heavy atom. The van der Waals surface area contributed by atoms with Crippen molar-refractivity contribution in [2.75, 3.05) is 25.6 Å². The molecule has 0 atom stereocenters. The molecule has 0 radical (unpaired) electrons. The van der Waals surface area contributed by atoms with Gasteiger partial charge in [0.15, 0.2) is 0 Å². The van der Waals surface area contributed by atoms with E-state index in [0.717, 1.165) is 16.7 Å². The third-order valence-electron chi connectivity index (χ3n) is 3.59. The van der Waals surface area contributed by atoms with Crippen LogP contribution in [0.25, 0.3) is 10.9 Å². The molecule has 1 aromatic carbocycles. The first-order valence-electron chi connectivity index (χ1n) is 7.60. The molecule has 0 unspecified atom stereocenters. The molecular formula is C15H19N7O2. The highest BCUT2D eigenvalue weighted by atomic mass is 16.5. The second kappa shape index (κ2) is 7.55. The Morgan fingerprint density at radius 2 is 2.33 bits per heavy atom. The Balaban J connectivity index is 1.51. The van der Waals surface area contributed by atoms with Gasteiger partial charge in [0.2, 0.25) is 0 Å². The van der Waals surface area contributed by atoms with E-state index in [4.69, 9.17) is 4.74 Å². The Kier molecular flexibility index (Phi) is 5.02. The molecule has 0 aliphatic heterocycles. The normalized spacial score (nSPS) is 10.9. The number of urea groups is 1. The molecule has 0 aliphatic carbocycles. The summed E-state index contributed by atoms with van der Waals surface area (Å²) >= 11 is 0. The van der Waals surface area contributed by atoms with Crippen LogP contribution in [0.2, 0.25) is 0 Å². The summed E-state index contributed by atoms with van der Waals surface area (Å²) < 4.78 is 6.95. The van der Waals surface area contributed by atoms with E-state index in [-0.39, 0.29) is 6.03 Å². The van der Waals surface area contributed by atoms with E-state index in [0.29, 0.717) is 31.8 Å². The summed E-state index contributed by atoms with van der Waals surface area (Å²) in [5.74, 6) is 0.808. The molecule has 3 rings (SSSR count). The third kappa shape index (κ3) is 3.69. The van der Waals surface area contributed by atoms with Gasteiger partial charge in [-0.15, -0.1) is 10.2 Å². The fourth-order valence-corrected chi connectivity index (χ4v) is 2.38. The van der Waals surface area contributed by atoms with Gasteiger partial charge in [0, 0.05) is 32.0 Å². The van der Waals surface area contributed by atoms with Crippen LogP contribution >= 0.6 is 0 Å². The van der Waals surface area contributed by atoms with Gasteiger partial charge < -0.3 is 19.9 Å². The van der Waals surface area contributed by atoms with Crippen molar-refractivity contribution in [2.45, 2.75) is 13.0 Å². The fraction of sp³-hybridized carbons (Fsp3) is 0.333. The summed E-state index contributed by atoms with van der Waals surface area (Å²) in [6, 6.07) is 5.34. The molecule has 0 bridgehead atoms. The zero-order valence-corrected chi connectivity index (χ0v) is 13.3. The van der Waals surface area contributed by atoms with Crippen LogP contribution in [0.1, 0.15) is 5.82 Å². The van der Waals surface area contributed by atoms with Crippen molar-refractivity contribution in [2.24, 2.45) is 0 Å². The highest BCUT2D eigenvalue weighted by Crippen LogP contribution is 2.20. The van der Waals surface area contributed by atoms with Gasteiger partial charge in [0.1, 0.15) is 12.2 Å². The number of nitrogens with zero attached hydrogens (tertiary/aromatic N) is 4. The molecule has 3 N–H and O–H groups in total. The van der Waals surface area contributed by atoms with Gasteiger partial charge in [-0.25, -0.2) is 4.79 Å². The minimum atomic E-state index is -0.278. The lowest BCUT2D eigenvalue weighted by Gasteiger charge is -2.09. The minimum Gasteiger partial charge on any atom is -0.383 e. The van der Waals surface area contributed by atoms with Crippen molar-refractivity contribution < 1.29 is 9.53 Å². The highest BCUT2D eigenvalue weighted by molar-refractivity contribution is 5.99. The van der Waals surface area contributed by atoms with Crippen LogP contribution in [0.4, 0.5) is 10.5 Å². The standard InChI is InChI=1S/C15H19N7O2/c1-24-8-7-22-10-18-20-13(22)5-6-16-15(23)19-12-4-2-3-11-9-17-21-14(11)12/h2-4,9-10H,5-8H2,1H3,(H,17,21)(H2,16,19,23). The second-order valence-electron chi connectivity index (χ2n) is 5.20. The SMILES string of the molecule is COCCn1cnnc1CCNC(=O)Nc1cccc2cn[nH]c12. The van der Waals surface area contributed by atoms with Crippen molar-refractivity contribution in [3.8, 4) is 0 Å². The number of rotatable bonds is 7. The lowest BCUT2D eigenvalue weighted by Crippen LogP contribution is -2.31. The second-order valence-corrected chi connectivity index (χ2v) is 5.20. The number of aromatic amines is 1. The summed E-state index contributed by atoms with van der Waals surface area (Å²) in [6.45, 7) is 1.73. The number of hydrogen-bond acceptors (Lipinski definition) is 5. The highest BCUT2D eigenvalue weighted by Gasteiger charge is 2.08. The van der Waals surface area contributed by atoms with Gasteiger partial charge in [-0.2, -0.15) is 5.10 Å². The maximum atomic E-state index is 12.0. The lowest BCUT2D eigenvalue weighted by atomic mass is 10.2. The molecule has 0 saturated heterocycles. The van der Waals surface area contributed by atoms with Crippen molar-refractivity contribution >= 4 is 22.6 Å². The molecule has 2 amide bonds. The average molecular weight is 329 g/mol. The predicted octanol–water partition coefficient (Wildman–Crippen LogP) is 1.16. The number of H-pyrrole nitrogens is 1. The molecule has 0 saturated carbocycles. The van der Waals surface area contributed by atoms with Gasteiger partial charge in [0.25, 0.3) is 0 Å². The summed E-state index contributed by atoms with van der Waals surface area (Å²) in [4.78, 5) is 12.0. The van der Waals surface area contributed by atoms with E-state index in [1.807, 2.05) is 22.8 Å². The number of amides is 2. The number of fused-ring (bicyclic) bond motifs is 1. The van der Waals surface area contributed by atoms with Crippen LogP contribution in [-0.4, -0.2) is 51.3 Å². The summed E-state index contributed by atoms with van der Waals surface area (Å²) in [6.07, 6.45) is 3.96. The summed E-state index contributed by atoms with van der Waals surface area (Å²) in [5.41, 5.74) is 1.48. The molecule has 24 heavy (non-hydrogen) atoms. The van der Waals surface area contributed by atoms with Crippen molar-refractivity contribution in [3.05, 3.63) is 36.5 Å². The third-order valence-corrected chi connectivity index (χ3v) is 3.59. The number of carbonyl (C=O) groups excluding carboxylic acids is 1. The number of hydrogen-bond donors (Lipinski definition) is 3. The van der Waals surface area contributed by atoms with Crippen LogP contribution in [0.5, 0.6) is 0 Å². The van der Waals surface area contributed by atoms with Crippen molar-refractivity contribution in [3.63, 3.8) is 0 Å². The molecule has 9 heteroatoms. The minimum absolute atomic E-state index is 0.278. The molecule has 2 heterocycles. The molecule has 126 valence electrons. The summed E-state index contributed by atoms with van der Waals surface area (Å²) in [5, 5.41) is 21.4. The van der Waals surface area contributed by atoms with Gasteiger partial charge in [-0.3, -0.25) is 5.10 Å². The van der Waals surface area contributed by atoms with Crippen LogP contribution in [-0.2, 0) is 17.7 Å². The zero-order chi connectivity index (χ0) is 16.8. The first kappa shape index (κ1) is 15.9. The van der Waals surface area contributed by atoms with E-state index in [2.05, 4.69) is 31.0 Å². The smallest absolute Gasteiger partial charge is 0.319 e. The van der Waals surface area contributed by atoms with E-state index < -0.39 is 0 Å². The van der Waals surface area contributed by atoms with Gasteiger partial charge in [-0.1, -0.05) is 12.1 Å². The quantitative estimate of drug-likeness (QED) is 0.602. The van der Waals surface area contributed by atoms with Crippen molar-refractivity contribution in [1.82, 2.24) is 30.3 Å². The first-order chi connectivity index (χ1) is 11.8. The van der Waals surface area contributed by atoms with Crippen LogP contribution < -0.4 is 10.6 Å². The molecule has 0 spiro atoms. The Hall–Kier alpha value is -2.94. The Labute approximate surface area is 138 Å². The predicted molar refractivity (Wildman–Crippen MR) is 88.7 cm³/mol. The molecule has 3 aromatic rings. The van der Waals surface area contributed by atoms with E-state index >= 15 is 0 Å². The molecule has 0 fully saturated rings. The van der Waals surface area contributed by atoms with Gasteiger partial charge >= 0.3 is 6.03 Å².